The number of nitrogens with zero attached hydrogens (tertiary/aromatic N) is 2. The lowest BCUT2D eigenvalue weighted by atomic mass is 10.0. The number of hydrogen-bond donors (Lipinski definition) is 3. The van der Waals surface area contributed by atoms with Gasteiger partial charge in [0.25, 0.3) is 0 Å². The standard InChI is InChI=1S/C21H25Cl2N5O2/c1-28-8-2-3-18(28)21(30)27-17(10-13-4-6-15(22)16(23)9-13)20(29)26-12-14-5-7-19(24)25-11-14/h4-7,9,11,17-18H,2-3,8,10,12H2,1H3,(H2,24,25)(H,26,29)(H,27,30)/t17-,18+/m0/s1. The second-order valence-corrected chi connectivity index (χ2v) is 8.28. The lowest BCUT2D eigenvalue weighted by Gasteiger charge is -2.24. The van der Waals surface area contributed by atoms with Gasteiger partial charge in [-0.3, -0.25) is 14.5 Å². The van der Waals surface area contributed by atoms with Crippen LogP contribution in [0.1, 0.15) is 24.0 Å². The van der Waals surface area contributed by atoms with Crippen LogP contribution in [-0.4, -0.2) is 47.4 Å². The number of likely N-dealkylation sites (N-methyl/N-ethyl adjacent to an activating group) is 1. The first-order valence-electron chi connectivity index (χ1n) is 9.76. The second kappa shape index (κ2) is 10.1. The van der Waals surface area contributed by atoms with E-state index in [1.807, 2.05) is 11.9 Å². The molecular weight excluding hydrogens is 425 g/mol. The zero-order valence-electron chi connectivity index (χ0n) is 16.7. The molecule has 9 heteroatoms. The fourth-order valence-corrected chi connectivity index (χ4v) is 3.79. The Bertz CT molecular complexity index is 907. The van der Waals surface area contributed by atoms with Crippen molar-refractivity contribution in [3.05, 3.63) is 57.7 Å². The molecule has 2 amide bonds. The van der Waals surface area contributed by atoms with Gasteiger partial charge in [0, 0.05) is 19.2 Å². The van der Waals surface area contributed by atoms with Crippen molar-refractivity contribution in [2.24, 2.45) is 0 Å². The molecule has 160 valence electrons. The predicted octanol–water partition coefficient (Wildman–Crippen LogP) is 2.41. The van der Waals surface area contributed by atoms with Crippen molar-refractivity contribution in [1.82, 2.24) is 20.5 Å². The smallest absolute Gasteiger partial charge is 0.243 e. The minimum absolute atomic E-state index is 0.149. The maximum Gasteiger partial charge on any atom is 0.243 e. The molecule has 1 saturated heterocycles. The molecule has 0 unspecified atom stereocenters. The van der Waals surface area contributed by atoms with Gasteiger partial charge in [-0.05, 0) is 55.8 Å². The molecule has 2 atom stereocenters. The van der Waals surface area contributed by atoms with Crippen molar-refractivity contribution in [2.45, 2.75) is 37.9 Å². The normalized spacial score (nSPS) is 17.5. The van der Waals surface area contributed by atoms with Gasteiger partial charge >= 0.3 is 0 Å². The first-order chi connectivity index (χ1) is 14.3. The summed E-state index contributed by atoms with van der Waals surface area (Å²) in [6, 6.07) is 7.69. The summed E-state index contributed by atoms with van der Waals surface area (Å²) >= 11 is 12.1. The zero-order valence-corrected chi connectivity index (χ0v) is 18.2. The zero-order chi connectivity index (χ0) is 21.7. The van der Waals surface area contributed by atoms with Crippen LogP contribution in [0.15, 0.2) is 36.5 Å². The molecule has 1 aromatic carbocycles. The van der Waals surface area contributed by atoms with Crippen molar-refractivity contribution in [3.8, 4) is 0 Å². The van der Waals surface area contributed by atoms with Gasteiger partial charge in [0.1, 0.15) is 11.9 Å². The predicted molar refractivity (Wildman–Crippen MR) is 118 cm³/mol. The highest BCUT2D eigenvalue weighted by atomic mass is 35.5. The van der Waals surface area contributed by atoms with Crippen molar-refractivity contribution in [1.29, 1.82) is 0 Å². The number of nitrogens with two attached hydrogens (primary N) is 1. The van der Waals surface area contributed by atoms with Gasteiger partial charge in [-0.2, -0.15) is 0 Å². The minimum Gasteiger partial charge on any atom is -0.384 e. The molecule has 2 aromatic rings. The highest BCUT2D eigenvalue weighted by molar-refractivity contribution is 6.42. The summed E-state index contributed by atoms with van der Waals surface area (Å²) in [5.41, 5.74) is 7.21. The summed E-state index contributed by atoms with van der Waals surface area (Å²) in [5, 5.41) is 6.62. The number of halogens is 2. The van der Waals surface area contributed by atoms with Crippen LogP contribution in [0.5, 0.6) is 0 Å². The topological polar surface area (TPSA) is 100 Å². The molecule has 0 bridgehead atoms. The van der Waals surface area contributed by atoms with E-state index in [0.29, 0.717) is 22.3 Å². The van der Waals surface area contributed by atoms with E-state index in [-0.39, 0.29) is 24.4 Å². The lowest BCUT2D eigenvalue weighted by molar-refractivity contribution is -0.131. The fourth-order valence-electron chi connectivity index (χ4n) is 3.47. The van der Waals surface area contributed by atoms with Crippen molar-refractivity contribution in [2.75, 3.05) is 19.3 Å². The first kappa shape index (κ1) is 22.3. The number of benzene rings is 1. The second-order valence-electron chi connectivity index (χ2n) is 7.46. The van der Waals surface area contributed by atoms with Crippen LogP contribution in [0.4, 0.5) is 5.82 Å². The molecule has 0 saturated carbocycles. The maximum atomic E-state index is 12.9. The van der Waals surface area contributed by atoms with Gasteiger partial charge in [0.2, 0.25) is 11.8 Å². The van der Waals surface area contributed by atoms with Crippen molar-refractivity contribution >= 4 is 40.8 Å². The Hall–Kier alpha value is -2.35. The van der Waals surface area contributed by atoms with E-state index in [4.69, 9.17) is 28.9 Å². The average Bonchev–Trinajstić information content (AvgIpc) is 3.15. The number of carbonyl (C=O) groups excluding carboxylic acids is 2. The Kier molecular flexibility index (Phi) is 7.53. The highest BCUT2D eigenvalue weighted by Gasteiger charge is 2.31. The van der Waals surface area contributed by atoms with Gasteiger partial charge in [-0.25, -0.2) is 4.98 Å². The first-order valence-corrected chi connectivity index (χ1v) is 10.5. The van der Waals surface area contributed by atoms with E-state index in [1.54, 1.807) is 36.5 Å². The number of likely N-dealkylation sites (tertiary alicyclic amines) is 1. The molecule has 0 aliphatic carbocycles. The Balaban J connectivity index is 1.71. The molecule has 2 heterocycles. The van der Waals surface area contributed by atoms with Gasteiger partial charge in [-0.15, -0.1) is 0 Å². The van der Waals surface area contributed by atoms with Crippen LogP contribution in [0.25, 0.3) is 0 Å². The lowest BCUT2D eigenvalue weighted by Crippen LogP contribution is -2.52. The number of aromatic nitrogens is 1. The summed E-state index contributed by atoms with van der Waals surface area (Å²) in [6.45, 7) is 1.15. The number of anilines is 1. The van der Waals surface area contributed by atoms with Gasteiger partial charge in [0.05, 0.1) is 16.1 Å². The molecule has 4 N–H and O–H groups in total. The Labute approximate surface area is 185 Å². The fraction of sp³-hybridized carbons (Fsp3) is 0.381. The number of carbonyl (C=O) groups is 2. The van der Waals surface area contributed by atoms with Gasteiger partial charge in [-0.1, -0.05) is 35.3 Å². The summed E-state index contributed by atoms with van der Waals surface area (Å²) in [5.74, 6) is -0.0215. The van der Waals surface area contributed by atoms with E-state index < -0.39 is 6.04 Å². The molecular formula is C21H25Cl2N5O2. The largest absolute Gasteiger partial charge is 0.384 e. The molecule has 1 aliphatic heterocycles. The van der Waals surface area contributed by atoms with Crippen LogP contribution in [0, 0.1) is 0 Å². The summed E-state index contributed by atoms with van der Waals surface area (Å²) in [4.78, 5) is 31.7. The average molecular weight is 450 g/mol. The molecule has 1 aliphatic rings. The summed E-state index contributed by atoms with van der Waals surface area (Å²) < 4.78 is 0. The molecule has 3 rings (SSSR count). The molecule has 0 radical (unpaired) electrons. The van der Waals surface area contributed by atoms with Crippen molar-refractivity contribution < 1.29 is 9.59 Å². The van der Waals surface area contributed by atoms with Crippen LogP contribution in [-0.2, 0) is 22.6 Å². The third-order valence-electron chi connectivity index (χ3n) is 5.19. The van der Waals surface area contributed by atoms with Crippen LogP contribution in [0.2, 0.25) is 10.0 Å². The number of pyridine rings is 1. The third kappa shape index (κ3) is 5.84. The SMILES string of the molecule is CN1CCC[C@@H]1C(=O)N[C@@H](Cc1ccc(Cl)c(Cl)c1)C(=O)NCc1ccc(N)nc1. The number of nitrogen functional groups attached to an aromatic ring is 1. The Morgan fingerprint density at radius 2 is 2.00 bits per heavy atom. The Morgan fingerprint density at radius 3 is 2.63 bits per heavy atom. The van der Waals surface area contributed by atoms with Crippen LogP contribution < -0.4 is 16.4 Å². The van der Waals surface area contributed by atoms with Crippen LogP contribution in [0.3, 0.4) is 0 Å². The summed E-state index contributed by atoms with van der Waals surface area (Å²) in [6.07, 6.45) is 3.64. The molecule has 0 spiro atoms. The molecule has 30 heavy (non-hydrogen) atoms. The Morgan fingerprint density at radius 1 is 1.23 bits per heavy atom. The van der Waals surface area contributed by atoms with E-state index in [1.165, 1.54) is 0 Å². The quantitative estimate of drug-likeness (QED) is 0.602. The minimum atomic E-state index is -0.745. The van der Waals surface area contributed by atoms with Crippen molar-refractivity contribution in [3.63, 3.8) is 0 Å². The summed E-state index contributed by atoms with van der Waals surface area (Å²) in [7, 11) is 1.92. The monoisotopic (exact) mass is 449 g/mol. The number of amides is 2. The third-order valence-corrected chi connectivity index (χ3v) is 5.93. The van der Waals surface area contributed by atoms with E-state index >= 15 is 0 Å². The highest BCUT2D eigenvalue weighted by Crippen LogP contribution is 2.23. The number of hydrogen-bond acceptors (Lipinski definition) is 5. The number of nitrogens with one attached hydrogen (secondary N) is 2. The maximum absolute atomic E-state index is 12.9. The van der Waals surface area contributed by atoms with E-state index in [9.17, 15) is 9.59 Å². The van der Waals surface area contributed by atoms with E-state index in [2.05, 4.69) is 15.6 Å². The van der Waals surface area contributed by atoms with Gasteiger partial charge < -0.3 is 16.4 Å². The van der Waals surface area contributed by atoms with E-state index in [0.717, 1.165) is 30.5 Å². The molecule has 1 aromatic heterocycles. The van der Waals surface area contributed by atoms with Gasteiger partial charge in [0.15, 0.2) is 0 Å². The molecule has 1 fully saturated rings. The van der Waals surface area contributed by atoms with Crippen LogP contribution >= 0.6 is 23.2 Å². The number of rotatable bonds is 7. The molecule has 7 nitrogen and oxygen atoms in total.